The van der Waals surface area contributed by atoms with Gasteiger partial charge in [0.25, 0.3) is 0 Å². The molecule has 3 atom stereocenters. The van der Waals surface area contributed by atoms with Crippen LogP contribution in [0.3, 0.4) is 0 Å². The van der Waals surface area contributed by atoms with Gasteiger partial charge in [0, 0.05) is 26.3 Å². The van der Waals surface area contributed by atoms with Gasteiger partial charge >= 0.3 is 0 Å². The molecule has 2 N–H and O–H groups in total. The average Bonchev–Trinajstić information content (AvgIpc) is 2.36. The molecule has 1 fully saturated rings. The van der Waals surface area contributed by atoms with E-state index < -0.39 is 0 Å². The minimum absolute atomic E-state index is 0.611. The van der Waals surface area contributed by atoms with Gasteiger partial charge in [-0.15, -0.1) is 0 Å². The molecule has 3 heteroatoms. The first-order chi connectivity index (χ1) is 8.22. The number of nitrogens with two attached hydrogens (primary N) is 1. The standard InChI is InChI=1S/C14H30N2O/c1-4-16(10-12(2)11-17-3)14-8-6-5-7-13(14)9-15/h12-14H,4-11,15H2,1-3H3. The normalized spacial score (nSPS) is 27.4. The first-order valence-electron chi connectivity index (χ1n) is 7.15. The number of methoxy groups -OCH3 is 1. The van der Waals surface area contributed by atoms with Gasteiger partial charge in [-0.25, -0.2) is 0 Å². The lowest BCUT2D eigenvalue weighted by molar-refractivity contribution is 0.0733. The van der Waals surface area contributed by atoms with E-state index in [-0.39, 0.29) is 0 Å². The molecule has 0 bridgehead atoms. The van der Waals surface area contributed by atoms with Crippen LogP contribution in [0.1, 0.15) is 39.5 Å². The fraction of sp³-hybridized carbons (Fsp3) is 1.00. The molecule has 0 aromatic heterocycles. The number of ether oxygens (including phenoxy) is 1. The molecular formula is C14H30N2O. The summed E-state index contributed by atoms with van der Waals surface area (Å²) in [6.45, 7) is 8.52. The van der Waals surface area contributed by atoms with Crippen LogP contribution in [-0.2, 0) is 4.74 Å². The van der Waals surface area contributed by atoms with E-state index in [0.717, 1.165) is 26.2 Å². The smallest absolute Gasteiger partial charge is 0.0500 e. The average molecular weight is 242 g/mol. The van der Waals surface area contributed by atoms with Crippen LogP contribution in [0, 0.1) is 11.8 Å². The Kier molecular flexibility index (Phi) is 7.09. The van der Waals surface area contributed by atoms with Gasteiger partial charge in [-0.1, -0.05) is 26.7 Å². The Balaban J connectivity index is 2.51. The van der Waals surface area contributed by atoms with E-state index >= 15 is 0 Å². The number of hydrogen-bond acceptors (Lipinski definition) is 3. The van der Waals surface area contributed by atoms with Crippen molar-refractivity contribution in [2.24, 2.45) is 17.6 Å². The van der Waals surface area contributed by atoms with Gasteiger partial charge in [-0.3, -0.25) is 4.90 Å². The van der Waals surface area contributed by atoms with E-state index in [2.05, 4.69) is 18.7 Å². The summed E-state index contributed by atoms with van der Waals surface area (Å²) in [4.78, 5) is 2.63. The molecule has 0 aromatic carbocycles. The summed E-state index contributed by atoms with van der Waals surface area (Å²) < 4.78 is 5.24. The van der Waals surface area contributed by atoms with Crippen molar-refractivity contribution >= 4 is 0 Å². The summed E-state index contributed by atoms with van der Waals surface area (Å²) in [7, 11) is 1.79. The van der Waals surface area contributed by atoms with E-state index in [1.165, 1.54) is 25.7 Å². The van der Waals surface area contributed by atoms with E-state index in [0.29, 0.717) is 17.9 Å². The van der Waals surface area contributed by atoms with Crippen LogP contribution >= 0.6 is 0 Å². The predicted octanol–water partition coefficient (Wildman–Crippen LogP) is 2.11. The SMILES string of the molecule is CCN(CC(C)COC)C1CCCCC1CN. The Morgan fingerprint density at radius 1 is 1.35 bits per heavy atom. The molecule has 0 radical (unpaired) electrons. The second-order valence-corrected chi connectivity index (χ2v) is 5.50. The topological polar surface area (TPSA) is 38.5 Å². The third-order valence-electron chi connectivity index (χ3n) is 4.04. The first kappa shape index (κ1) is 14.9. The number of rotatable bonds is 7. The quantitative estimate of drug-likeness (QED) is 0.743. The van der Waals surface area contributed by atoms with Gasteiger partial charge in [0.1, 0.15) is 0 Å². The zero-order chi connectivity index (χ0) is 12.7. The second-order valence-electron chi connectivity index (χ2n) is 5.50. The molecule has 17 heavy (non-hydrogen) atoms. The monoisotopic (exact) mass is 242 g/mol. The van der Waals surface area contributed by atoms with Crippen molar-refractivity contribution in [3.8, 4) is 0 Å². The van der Waals surface area contributed by atoms with Crippen LogP contribution in [0.4, 0.5) is 0 Å². The van der Waals surface area contributed by atoms with Crippen molar-refractivity contribution in [3.05, 3.63) is 0 Å². The molecule has 3 nitrogen and oxygen atoms in total. The molecule has 0 aliphatic heterocycles. The summed E-state index contributed by atoms with van der Waals surface area (Å²) >= 11 is 0. The van der Waals surface area contributed by atoms with Gasteiger partial charge < -0.3 is 10.5 Å². The highest BCUT2D eigenvalue weighted by Gasteiger charge is 2.28. The van der Waals surface area contributed by atoms with Gasteiger partial charge in [0.15, 0.2) is 0 Å². The minimum Gasteiger partial charge on any atom is -0.384 e. The van der Waals surface area contributed by atoms with Crippen molar-refractivity contribution in [2.75, 3.05) is 33.4 Å². The molecule has 0 amide bonds. The zero-order valence-corrected chi connectivity index (χ0v) is 11.8. The molecule has 3 unspecified atom stereocenters. The molecule has 0 saturated heterocycles. The van der Waals surface area contributed by atoms with E-state index in [1.807, 2.05) is 0 Å². The fourth-order valence-electron chi connectivity index (χ4n) is 3.18. The van der Waals surface area contributed by atoms with Crippen molar-refractivity contribution in [1.29, 1.82) is 0 Å². The lowest BCUT2D eigenvalue weighted by Crippen LogP contribution is -2.47. The lowest BCUT2D eigenvalue weighted by Gasteiger charge is -2.40. The van der Waals surface area contributed by atoms with Gasteiger partial charge in [-0.2, -0.15) is 0 Å². The highest BCUT2D eigenvalue weighted by molar-refractivity contribution is 4.84. The van der Waals surface area contributed by atoms with Gasteiger partial charge in [-0.05, 0) is 37.8 Å². The molecule has 102 valence electrons. The van der Waals surface area contributed by atoms with E-state index in [4.69, 9.17) is 10.5 Å². The largest absolute Gasteiger partial charge is 0.384 e. The number of nitrogens with zero attached hydrogens (tertiary/aromatic N) is 1. The third-order valence-corrected chi connectivity index (χ3v) is 4.04. The Morgan fingerprint density at radius 2 is 2.06 bits per heavy atom. The van der Waals surface area contributed by atoms with E-state index in [1.54, 1.807) is 7.11 Å². The lowest BCUT2D eigenvalue weighted by atomic mass is 9.83. The molecule has 1 saturated carbocycles. The van der Waals surface area contributed by atoms with Crippen LogP contribution in [0.25, 0.3) is 0 Å². The summed E-state index contributed by atoms with van der Waals surface area (Å²) in [5.41, 5.74) is 5.92. The Hall–Kier alpha value is -0.120. The highest BCUT2D eigenvalue weighted by Crippen LogP contribution is 2.28. The minimum atomic E-state index is 0.611. The van der Waals surface area contributed by atoms with Crippen LogP contribution in [-0.4, -0.2) is 44.3 Å². The van der Waals surface area contributed by atoms with Crippen molar-refractivity contribution < 1.29 is 4.74 Å². The van der Waals surface area contributed by atoms with Crippen molar-refractivity contribution in [3.63, 3.8) is 0 Å². The molecule has 1 rings (SSSR count). The number of hydrogen-bond donors (Lipinski definition) is 1. The van der Waals surface area contributed by atoms with E-state index in [9.17, 15) is 0 Å². The maximum atomic E-state index is 5.92. The zero-order valence-electron chi connectivity index (χ0n) is 11.8. The Morgan fingerprint density at radius 3 is 2.65 bits per heavy atom. The Labute approximate surface area is 107 Å². The summed E-state index contributed by atoms with van der Waals surface area (Å²) in [6.07, 6.45) is 5.38. The molecule has 1 aliphatic rings. The van der Waals surface area contributed by atoms with Gasteiger partial charge in [0.2, 0.25) is 0 Å². The van der Waals surface area contributed by atoms with Crippen molar-refractivity contribution in [1.82, 2.24) is 4.90 Å². The van der Waals surface area contributed by atoms with Crippen LogP contribution in [0.5, 0.6) is 0 Å². The molecule has 0 heterocycles. The molecule has 0 spiro atoms. The highest BCUT2D eigenvalue weighted by atomic mass is 16.5. The van der Waals surface area contributed by atoms with Crippen molar-refractivity contribution in [2.45, 2.75) is 45.6 Å². The van der Waals surface area contributed by atoms with Crippen LogP contribution in [0.2, 0.25) is 0 Å². The third kappa shape index (κ3) is 4.57. The maximum absolute atomic E-state index is 5.92. The molecule has 1 aliphatic carbocycles. The maximum Gasteiger partial charge on any atom is 0.0500 e. The summed E-state index contributed by atoms with van der Waals surface area (Å²) in [5, 5.41) is 0. The molecule has 0 aromatic rings. The fourth-order valence-corrected chi connectivity index (χ4v) is 3.18. The van der Waals surface area contributed by atoms with Crippen LogP contribution < -0.4 is 5.73 Å². The first-order valence-corrected chi connectivity index (χ1v) is 7.15. The second kappa shape index (κ2) is 8.06. The van der Waals surface area contributed by atoms with Crippen LogP contribution in [0.15, 0.2) is 0 Å². The molecular weight excluding hydrogens is 212 g/mol. The summed E-state index contributed by atoms with van der Waals surface area (Å²) in [6, 6.07) is 0.707. The summed E-state index contributed by atoms with van der Waals surface area (Å²) in [5.74, 6) is 1.32. The predicted molar refractivity (Wildman–Crippen MR) is 73.1 cm³/mol. The Bertz CT molecular complexity index is 199. The van der Waals surface area contributed by atoms with Gasteiger partial charge in [0.05, 0.1) is 0 Å².